The predicted molar refractivity (Wildman–Crippen MR) is 117 cm³/mol. The smallest absolute Gasteiger partial charge is 0.343 e. The SMILES string of the molecule is CC(C)(C)c1ccc(OC(=O)c2ccc(N3C(=O)[C@@H]4[C@@H]5CC[C@@H](C5)[C@@H]4C3=O)cc2)cc1. The van der Waals surface area contributed by atoms with E-state index in [0.29, 0.717) is 28.8 Å². The Hall–Kier alpha value is -2.95. The number of hydrogen-bond donors (Lipinski definition) is 0. The van der Waals surface area contributed by atoms with Crippen LogP contribution in [0.4, 0.5) is 5.69 Å². The van der Waals surface area contributed by atoms with Crippen molar-refractivity contribution in [3.05, 3.63) is 59.7 Å². The monoisotopic (exact) mass is 417 g/mol. The standard InChI is InChI=1S/C26H27NO4/c1-26(2,3)18-8-12-20(13-9-18)31-25(30)15-6-10-19(11-7-15)27-23(28)21-16-4-5-17(14-16)22(21)24(27)29/h6-13,16-17,21-22H,4-5,14H2,1-3H3/t16-,17+,21-,22+. The zero-order chi connectivity index (χ0) is 21.9. The van der Waals surface area contributed by atoms with Gasteiger partial charge in [-0.3, -0.25) is 14.5 Å². The Morgan fingerprint density at radius 3 is 1.94 bits per heavy atom. The van der Waals surface area contributed by atoms with E-state index in [1.165, 1.54) is 4.90 Å². The molecule has 0 N–H and O–H groups in total. The maximum atomic E-state index is 13.0. The first-order valence-corrected chi connectivity index (χ1v) is 11.0. The van der Waals surface area contributed by atoms with Gasteiger partial charge in [0.2, 0.25) is 11.8 Å². The van der Waals surface area contributed by atoms with Crippen LogP contribution in [0.15, 0.2) is 48.5 Å². The molecule has 0 radical (unpaired) electrons. The number of anilines is 1. The van der Waals surface area contributed by atoms with E-state index in [2.05, 4.69) is 20.8 Å². The summed E-state index contributed by atoms with van der Waals surface area (Å²) in [4.78, 5) is 39.8. The first kappa shape index (κ1) is 20.0. The second kappa shape index (κ2) is 7.04. The molecule has 31 heavy (non-hydrogen) atoms. The van der Waals surface area contributed by atoms with Crippen molar-refractivity contribution < 1.29 is 19.1 Å². The highest BCUT2D eigenvalue weighted by molar-refractivity contribution is 6.22. The fourth-order valence-corrected chi connectivity index (χ4v) is 5.60. The van der Waals surface area contributed by atoms with Crippen LogP contribution in [0.3, 0.4) is 0 Å². The third kappa shape index (κ3) is 3.27. The van der Waals surface area contributed by atoms with Gasteiger partial charge in [-0.2, -0.15) is 0 Å². The summed E-state index contributed by atoms with van der Waals surface area (Å²) in [6.45, 7) is 6.39. The molecule has 0 unspecified atom stereocenters. The molecule has 2 aromatic carbocycles. The Balaban J connectivity index is 1.30. The number of carbonyl (C=O) groups is 3. The normalized spacial score (nSPS) is 27.0. The average Bonchev–Trinajstić information content (AvgIpc) is 3.42. The lowest BCUT2D eigenvalue weighted by molar-refractivity contribution is -0.123. The molecule has 3 aliphatic rings. The summed E-state index contributed by atoms with van der Waals surface area (Å²) in [5.41, 5.74) is 2.11. The molecular weight excluding hydrogens is 390 g/mol. The van der Waals surface area contributed by atoms with Gasteiger partial charge in [0.05, 0.1) is 23.1 Å². The van der Waals surface area contributed by atoms with Crippen molar-refractivity contribution >= 4 is 23.5 Å². The Bertz CT molecular complexity index is 1020. The van der Waals surface area contributed by atoms with Crippen molar-refractivity contribution in [2.24, 2.45) is 23.7 Å². The van der Waals surface area contributed by atoms with E-state index < -0.39 is 5.97 Å². The van der Waals surface area contributed by atoms with Gasteiger partial charge in [-0.25, -0.2) is 4.79 Å². The third-order valence-corrected chi connectivity index (χ3v) is 7.22. The van der Waals surface area contributed by atoms with Crippen molar-refractivity contribution in [3.63, 3.8) is 0 Å². The number of fused-ring (bicyclic) bond motifs is 5. The van der Waals surface area contributed by atoms with Crippen LogP contribution in [-0.2, 0) is 15.0 Å². The molecular formula is C26H27NO4. The van der Waals surface area contributed by atoms with Crippen molar-refractivity contribution in [2.45, 2.75) is 45.4 Å². The van der Waals surface area contributed by atoms with Gasteiger partial charge in [0.25, 0.3) is 0 Å². The average molecular weight is 418 g/mol. The highest BCUT2D eigenvalue weighted by atomic mass is 16.5. The number of nitrogens with zero attached hydrogens (tertiary/aromatic N) is 1. The summed E-state index contributed by atoms with van der Waals surface area (Å²) in [6.07, 6.45) is 3.13. The highest BCUT2D eigenvalue weighted by Crippen LogP contribution is 2.56. The number of esters is 1. The van der Waals surface area contributed by atoms with Crippen molar-refractivity contribution in [2.75, 3.05) is 4.90 Å². The summed E-state index contributed by atoms with van der Waals surface area (Å²) in [5.74, 6) is 0.289. The third-order valence-electron chi connectivity index (χ3n) is 7.22. The molecule has 5 heteroatoms. The summed E-state index contributed by atoms with van der Waals surface area (Å²) in [5, 5.41) is 0. The van der Waals surface area contributed by atoms with Crippen LogP contribution in [0.25, 0.3) is 0 Å². The molecule has 3 fully saturated rings. The highest BCUT2D eigenvalue weighted by Gasteiger charge is 2.61. The molecule has 4 atom stereocenters. The second-order valence-electron chi connectivity index (χ2n) is 10.1. The van der Waals surface area contributed by atoms with Crippen LogP contribution in [0.5, 0.6) is 5.75 Å². The zero-order valence-corrected chi connectivity index (χ0v) is 18.1. The van der Waals surface area contributed by atoms with Gasteiger partial charge >= 0.3 is 5.97 Å². The molecule has 0 aromatic heterocycles. The van der Waals surface area contributed by atoms with Crippen LogP contribution in [0.1, 0.15) is 56.0 Å². The zero-order valence-electron chi connectivity index (χ0n) is 18.1. The quantitative estimate of drug-likeness (QED) is 0.411. The molecule has 2 aliphatic carbocycles. The first-order valence-electron chi connectivity index (χ1n) is 11.0. The summed E-state index contributed by atoms with van der Waals surface area (Å²) in [7, 11) is 0. The fourth-order valence-electron chi connectivity index (χ4n) is 5.60. The summed E-state index contributed by atoms with van der Waals surface area (Å²) >= 11 is 0. The number of amides is 2. The topological polar surface area (TPSA) is 63.7 Å². The van der Waals surface area contributed by atoms with E-state index in [-0.39, 0.29) is 29.1 Å². The Morgan fingerprint density at radius 2 is 1.42 bits per heavy atom. The molecule has 2 bridgehead atoms. The summed E-state index contributed by atoms with van der Waals surface area (Å²) < 4.78 is 5.49. The lowest BCUT2D eigenvalue weighted by atomic mass is 9.81. The van der Waals surface area contributed by atoms with Crippen molar-refractivity contribution in [1.82, 2.24) is 0 Å². The number of ether oxygens (including phenoxy) is 1. The molecule has 5 nitrogen and oxygen atoms in total. The van der Waals surface area contributed by atoms with Gasteiger partial charge in [0.1, 0.15) is 5.75 Å². The molecule has 2 saturated carbocycles. The largest absolute Gasteiger partial charge is 0.423 e. The molecule has 2 aromatic rings. The van der Waals surface area contributed by atoms with Gasteiger partial charge in [0.15, 0.2) is 0 Å². The predicted octanol–water partition coefficient (Wildman–Crippen LogP) is 4.74. The maximum absolute atomic E-state index is 13.0. The minimum Gasteiger partial charge on any atom is -0.423 e. The van der Waals surface area contributed by atoms with Crippen LogP contribution in [0, 0.1) is 23.7 Å². The lowest BCUT2D eigenvalue weighted by Crippen LogP contribution is -2.32. The van der Waals surface area contributed by atoms with Crippen LogP contribution in [-0.4, -0.2) is 17.8 Å². The molecule has 1 heterocycles. The summed E-state index contributed by atoms with van der Waals surface area (Å²) in [6, 6.07) is 14.1. The van der Waals surface area contributed by atoms with Crippen molar-refractivity contribution in [1.29, 1.82) is 0 Å². The van der Waals surface area contributed by atoms with E-state index in [1.54, 1.807) is 36.4 Å². The van der Waals surface area contributed by atoms with Crippen molar-refractivity contribution in [3.8, 4) is 5.75 Å². The lowest BCUT2D eigenvalue weighted by Gasteiger charge is -2.19. The number of benzene rings is 2. The first-order chi connectivity index (χ1) is 14.7. The van der Waals surface area contributed by atoms with Gasteiger partial charge in [-0.15, -0.1) is 0 Å². The number of carbonyl (C=O) groups excluding carboxylic acids is 3. The minimum absolute atomic E-state index is 0.0286. The Labute approximate surface area is 182 Å². The molecule has 160 valence electrons. The number of hydrogen-bond acceptors (Lipinski definition) is 4. The van der Waals surface area contributed by atoms with E-state index in [0.717, 1.165) is 24.8 Å². The van der Waals surface area contributed by atoms with Crippen LogP contribution < -0.4 is 9.64 Å². The number of imide groups is 1. The molecule has 5 rings (SSSR count). The minimum atomic E-state index is -0.468. The fraction of sp³-hybridized carbons (Fsp3) is 0.423. The molecule has 1 saturated heterocycles. The maximum Gasteiger partial charge on any atom is 0.343 e. The van der Waals surface area contributed by atoms with Crippen LogP contribution >= 0.6 is 0 Å². The Morgan fingerprint density at radius 1 is 0.871 bits per heavy atom. The number of rotatable bonds is 3. The molecule has 0 spiro atoms. The molecule has 1 aliphatic heterocycles. The van der Waals surface area contributed by atoms with E-state index in [4.69, 9.17) is 4.74 Å². The van der Waals surface area contributed by atoms with Gasteiger partial charge in [0, 0.05) is 0 Å². The van der Waals surface area contributed by atoms with E-state index in [9.17, 15) is 14.4 Å². The van der Waals surface area contributed by atoms with Crippen LogP contribution in [0.2, 0.25) is 0 Å². The van der Waals surface area contributed by atoms with E-state index >= 15 is 0 Å². The van der Waals surface area contributed by atoms with Gasteiger partial charge in [-0.05, 0) is 78.5 Å². The van der Waals surface area contributed by atoms with Gasteiger partial charge < -0.3 is 4.74 Å². The Kier molecular flexibility index (Phi) is 4.54. The van der Waals surface area contributed by atoms with Gasteiger partial charge in [-0.1, -0.05) is 32.9 Å². The molecule has 2 amide bonds. The second-order valence-corrected chi connectivity index (χ2v) is 10.1. The van der Waals surface area contributed by atoms with E-state index in [1.807, 2.05) is 12.1 Å².